The number of aliphatic hydroxyl groups excluding tert-OH is 1. The summed E-state index contributed by atoms with van der Waals surface area (Å²) in [7, 11) is 0. The number of hydrogen-bond donors (Lipinski definition) is 1. The third-order valence-electron chi connectivity index (χ3n) is 4.66. The second-order valence-corrected chi connectivity index (χ2v) is 7.41. The quantitative estimate of drug-likeness (QED) is 0.319. The van der Waals surface area contributed by atoms with Crippen molar-refractivity contribution in [1.29, 1.82) is 0 Å². The minimum absolute atomic E-state index is 0.117. The highest BCUT2D eigenvalue weighted by Gasteiger charge is 2.45. The number of pyridine rings is 1. The molecule has 0 aliphatic carbocycles. The number of rotatable bonds is 6. The molecule has 0 spiro atoms. The van der Waals surface area contributed by atoms with Crippen molar-refractivity contribution >= 4 is 33.4 Å². The Hall–Kier alpha value is -2.47. The summed E-state index contributed by atoms with van der Waals surface area (Å²) in [6.45, 7) is 2.55. The average molecular weight is 429 g/mol. The Morgan fingerprint density at radius 3 is 2.56 bits per heavy atom. The lowest BCUT2D eigenvalue weighted by Gasteiger charge is -2.25. The van der Waals surface area contributed by atoms with Gasteiger partial charge in [0, 0.05) is 29.0 Å². The van der Waals surface area contributed by atoms with E-state index in [1.807, 2.05) is 6.07 Å². The van der Waals surface area contributed by atoms with Crippen molar-refractivity contribution in [3.8, 4) is 0 Å². The number of aliphatic hydroxyl groups is 1. The number of ketones is 1. The van der Waals surface area contributed by atoms with Crippen molar-refractivity contribution in [2.24, 2.45) is 0 Å². The van der Waals surface area contributed by atoms with Crippen LogP contribution < -0.4 is 0 Å². The molecule has 1 aromatic heterocycles. The van der Waals surface area contributed by atoms with Crippen molar-refractivity contribution in [3.63, 3.8) is 0 Å². The molecule has 5 nitrogen and oxygen atoms in total. The summed E-state index contributed by atoms with van der Waals surface area (Å²) in [5, 5.41) is 10.9. The number of amides is 1. The SMILES string of the molecule is CCCCCN1C(=O)C(=O)/C(=C(\O)c2ccc(Br)cc2)C1c1cccnc1. The molecular weight excluding hydrogens is 408 g/mol. The van der Waals surface area contributed by atoms with Crippen LogP contribution in [-0.4, -0.2) is 33.2 Å². The van der Waals surface area contributed by atoms with E-state index in [1.54, 1.807) is 47.6 Å². The van der Waals surface area contributed by atoms with E-state index in [2.05, 4.69) is 27.8 Å². The number of unbranched alkanes of at least 4 members (excludes halogenated alkanes) is 2. The van der Waals surface area contributed by atoms with E-state index in [-0.39, 0.29) is 11.3 Å². The molecule has 2 heterocycles. The first-order chi connectivity index (χ1) is 13.0. The molecule has 0 saturated carbocycles. The number of benzene rings is 1. The summed E-state index contributed by atoms with van der Waals surface area (Å²) in [4.78, 5) is 31.1. The first-order valence-corrected chi connectivity index (χ1v) is 9.78. The van der Waals surface area contributed by atoms with Crippen LogP contribution in [0.4, 0.5) is 0 Å². The van der Waals surface area contributed by atoms with Crippen LogP contribution in [0.15, 0.2) is 58.8 Å². The average Bonchev–Trinajstić information content (AvgIpc) is 2.94. The second kappa shape index (κ2) is 8.48. The third kappa shape index (κ3) is 3.95. The van der Waals surface area contributed by atoms with Crippen LogP contribution >= 0.6 is 15.9 Å². The standard InChI is InChI=1S/C21H21BrN2O3/c1-2-3-4-12-24-18(15-6-5-11-23-13-15)17(20(26)21(24)27)19(25)14-7-9-16(22)10-8-14/h5-11,13,18,25H,2-4,12H2,1H3/b19-17-. The summed E-state index contributed by atoms with van der Waals surface area (Å²) in [5.74, 6) is -1.38. The highest BCUT2D eigenvalue weighted by atomic mass is 79.9. The Balaban J connectivity index is 2.09. The lowest BCUT2D eigenvalue weighted by molar-refractivity contribution is -0.139. The molecule has 1 saturated heterocycles. The number of carbonyl (C=O) groups is 2. The lowest BCUT2D eigenvalue weighted by Crippen LogP contribution is -2.30. The monoisotopic (exact) mass is 428 g/mol. The predicted molar refractivity (Wildman–Crippen MR) is 107 cm³/mol. The number of carbonyl (C=O) groups excluding carboxylic acids is 2. The highest BCUT2D eigenvalue weighted by molar-refractivity contribution is 9.10. The van der Waals surface area contributed by atoms with E-state index in [0.717, 1.165) is 23.7 Å². The molecule has 1 fully saturated rings. The van der Waals surface area contributed by atoms with Gasteiger partial charge in [-0.05, 0) is 30.2 Å². The number of hydrogen-bond acceptors (Lipinski definition) is 4. The smallest absolute Gasteiger partial charge is 0.295 e. The molecule has 3 rings (SSSR count). The fourth-order valence-corrected chi connectivity index (χ4v) is 3.55. The number of likely N-dealkylation sites (tertiary alicyclic amines) is 1. The number of Topliss-reactive ketones (excluding diaryl/α,β-unsaturated/α-hetero) is 1. The molecule has 1 aliphatic heterocycles. The fraction of sp³-hybridized carbons (Fsp3) is 0.286. The van der Waals surface area contributed by atoms with Crippen LogP contribution in [-0.2, 0) is 9.59 Å². The summed E-state index contributed by atoms with van der Waals surface area (Å²) in [6.07, 6.45) is 6.06. The van der Waals surface area contributed by atoms with E-state index >= 15 is 0 Å². The van der Waals surface area contributed by atoms with Crippen molar-refractivity contribution in [1.82, 2.24) is 9.88 Å². The zero-order valence-corrected chi connectivity index (χ0v) is 16.6. The number of nitrogens with zero attached hydrogens (tertiary/aromatic N) is 2. The highest BCUT2D eigenvalue weighted by Crippen LogP contribution is 2.39. The second-order valence-electron chi connectivity index (χ2n) is 6.49. The van der Waals surface area contributed by atoms with Gasteiger partial charge in [0.05, 0.1) is 11.6 Å². The number of aromatic nitrogens is 1. The van der Waals surface area contributed by atoms with Crippen LogP contribution in [0.5, 0.6) is 0 Å². The van der Waals surface area contributed by atoms with Crippen LogP contribution in [0, 0.1) is 0 Å². The molecule has 6 heteroatoms. The Kier molecular flexibility index (Phi) is 6.06. The van der Waals surface area contributed by atoms with E-state index < -0.39 is 17.7 Å². The van der Waals surface area contributed by atoms with Crippen molar-refractivity contribution in [2.75, 3.05) is 6.54 Å². The summed E-state index contributed by atoms with van der Waals surface area (Å²) >= 11 is 3.36. The summed E-state index contributed by atoms with van der Waals surface area (Å²) in [6, 6.07) is 9.96. The van der Waals surface area contributed by atoms with Gasteiger partial charge in [-0.25, -0.2) is 0 Å². The zero-order chi connectivity index (χ0) is 19.4. The van der Waals surface area contributed by atoms with Crippen LogP contribution in [0.1, 0.15) is 43.4 Å². The van der Waals surface area contributed by atoms with Gasteiger partial charge < -0.3 is 10.0 Å². The van der Waals surface area contributed by atoms with Crippen molar-refractivity contribution < 1.29 is 14.7 Å². The molecule has 1 aromatic carbocycles. The molecule has 1 atom stereocenters. The Morgan fingerprint density at radius 2 is 1.93 bits per heavy atom. The Morgan fingerprint density at radius 1 is 1.19 bits per heavy atom. The van der Waals surface area contributed by atoms with E-state index in [9.17, 15) is 14.7 Å². The first kappa shape index (κ1) is 19.3. The summed E-state index contributed by atoms with van der Waals surface area (Å²) in [5.41, 5.74) is 1.33. The van der Waals surface area contributed by atoms with Crippen LogP contribution in [0.25, 0.3) is 5.76 Å². The van der Waals surface area contributed by atoms with Gasteiger partial charge in [-0.2, -0.15) is 0 Å². The van der Waals surface area contributed by atoms with Crippen LogP contribution in [0.3, 0.4) is 0 Å². The largest absolute Gasteiger partial charge is 0.507 e. The molecule has 2 aromatic rings. The maximum absolute atomic E-state index is 12.8. The zero-order valence-electron chi connectivity index (χ0n) is 15.1. The predicted octanol–water partition coefficient (Wildman–Crippen LogP) is 4.46. The minimum atomic E-state index is -0.652. The van der Waals surface area contributed by atoms with Gasteiger partial charge in [0.15, 0.2) is 0 Å². The topological polar surface area (TPSA) is 70.5 Å². The molecule has 140 valence electrons. The van der Waals surface area contributed by atoms with Crippen LogP contribution in [0.2, 0.25) is 0 Å². The van der Waals surface area contributed by atoms with Gasteiger partial charge in [-0.15, -0.1) is 0 Å². The molecule has 1 N–H and O–H groups in total. The Bertz CT molecular complexity index is 863. The maximum Gasteiger partial charge on any atom is 0.295 e. The van der Waals surface area contributed by atoms with Crippen molar-refractivity contribution in [3.05, 3.63) is 70.0 Å². The van der Waals surface area contributed by atoms with Gasteiger partial charge in [0.1, 0.15) is 5.76 Å². The molecule has 1 unspecified atom stereocenters. The lowest BCUT2D eigenvalue weighted by atomic mass is 9.96. The van der Waals surface area contributed by atoms with Gasteiger partial charge in [0.2, 0.25) is 0 Å². The van der Waals surface area contributed by atoms with Gasteiger partial charge in [-0.1, -0.05) is 53.9 Å². The molecule has 0 radical (unpaired) electrons. The van der Waals surface area contributed by atoms with Gasteiger partial charge in [0.25, 0.3) is 11.7 Å². The normalized spacial score (nSPS) is 18.9. The van der Waals surface area contributed by atoms with E-state index in [0.29, 0.717) is 17.7 Å². The summed E-state index contributed by atoms with van der Waals surface area (Å²) < 4.78 is 0.864. The van der Waals surface area contributed by atoms with Gasteiger partial charge in [-0.3, -0.25) is 14.6 Å². The molecule has 0 bridgehead atoms. The molecule has 27 heavy (non-hydrogen) atoms. The first-order valence-electron chi connectivity index (χ1n) is 8.99. The van der Waals surface area contributed by atoms with Gasteiger partial charge >= 0.3 is 0 Å². The maximum atomic E-state index is 12.8. The van der Waals surface area contributed by atoms with E-state index in [4.69, 9.17) is 0 Å². The molecule has 1 amide bonds. The molecule has 1 aliphatic rings. The third-order valence-corrected chi connectivity index (χ3v) is 5.19. The van der Waals surface area contributed by atoms with Crippen molar-refractivity contribution in [2.45, 2.75) is 32.2 Å². The Labute approximate surface area is 166 Å². The molecular formula is C21H21BrN2O3. The number of halogens is 1. The fourth-order valence-electron chi connectivity index (χ4n) is 3.29. The van der Waals surface area contributed by atoms with E-state index in [1.165, 1.54) is 0 Å². The minimum Gasteiger partial charge on any atom is -0.507 e.